The third-order valence-corrected chi connectivity index (χ3v) is 13.0. The molecule has 2 aliphatic carbocycles. The molecule has 1 saturated heterocycles. The van der Waals surface area contributed by atoms with E-state index < -0.39 is 0 Å². The largest absolute Gasteiger partial charge is 0.347 e. The van der Waals surface area contributed by atoms with Gasteiger partial charge in [-0.2, -0.15) is 0 Å². The van der Waals surface area contributed by atoms with Crippen molar-refractivity contribution in [1.82, 2.24) is 9.88 Å². The fraction of sp³-hybridized carbons (Fsp3) is 0.745. The number of hydrogen-bond acceptors (Lipinski definition) is 4. The second-order valence-corrected chi connectivity index (χ2v) is 17.5. The van der Waals surface area contributed by atoms with Crippen molar-refractivity contribution in [2.75, 3.05) is 20.2 Å². The SMILES string of the molecule is CCCCC/C=C\C/C=C\CCCCCCCCC1(CCCCCCCC/C=C\C/C=C\CCCCC)OCC(CCN(C)C23CC2(c2ccncc2)C3)O1. The molecule has 1 atom stereocenters. The molecule has 4 nitrogen and oxygen atoms in total. The average Bonchev–Trinajstić information content (AvgIpc) is 4.01. The second kappa shape index (κ2) is 26.8. The lowest BCUT2D eigenvalue weighted by atomic mass is 9.98. The number of pyridine rings is 1. The lowest BCUT2D eigenvalue weighted by Gasteiger charge is -2.29. The van der Waals surface area contributed by atoms with Crippen molar-refractivity contribution in [1.29, 1.82) is 0 Å². The Morgan fingerprint density at radius 1 is 0.618 bits per heavy atom. The van der Waals surface area contributed by atoms with Crippen LogP contribution in [0.4, 0.5) is 0 Å². The Kier molecular flexibility index (Phi) is 22.3. The van der Waals surface area contributed by atoms with E-state index in [0.717, 1.165) is 45.3 Å². The summed E-state index contributed by atoms with van der Waals surface area (Å²) in [7, 11) is 2.34. The fourth-order valence-corrected chi connectivity index (χ4v) is 9.10. The van der Waals surface area contributed by atoms with Gasteiger partial charge in [-0.25, -0.2) is 0 Å². The zero-order valence-electron chi connectivity index (χ0n) is 36.1. The van der Waals surface area contributed by atoms with Crippen LogP contribution in [0.5, 0.6) is 0 Å². The molecule has 0 amide bonds. The lowest BCUT2D eigenvalue weighted by molar-refractivity contribution is -0.180. The number of aromatic nitrogens is 1. The molecule has 0 aromatic carbocycles. The number of nitrogens with zero attached hydrogens (tertiary/aromatic N) is 2. The molecule has 0 radical (unpaired) electrons. The van der Waals surface area contributed by atoms with Crippen molar-refractivity contribution < 1.29 is 9.47 Å². The minimum atomic E-state index is -0.355. The second-order valence-electron chi connectivity index (χ2n) is 17.5. The minimum absolute atomic E-state index is 0.223. The average molecular weight is 757 g/mol. The summed E-state index contributed by atoms with van der Waals surface area (Å²) in [6.45, 7) is 6.40. The van der Waals surface area contributed by atoms with Crippen LogP contribution >= 0.6 is 0 Å². The number of allylic oxidation sites excluding steroid dienone is 8. The lowest BCUT2D eigenvalue weighted by Crippen LogP contribution is -2.33. The number of hydrogen-bond donors (Lipinski definition) is 0. The van der Waals surface area contributed by atoms with Crippen molar-refractivity contribution in [3.63, 3.8) is 0 Å². The summed E-state index contributed by atoms with van der Waals surface area (Å²) in [5.74, 6) is -0.355. The van der Waals surface area contributed by atoms with Gasteiger partial charge in [0.05, 0.1) is 12.7 Å². The number of fused-ring (bicyclic) bond motifs is 1. The summed E-state index contributed by atoms with van der Waals surface area (Å²) in [5.41, 5.74) is 2.26. The van der Waals surface area contributed by atoms with Crippen molar-refractivity contribution in [3.05, 3.63) is 78.7 Å². The van der Waals surface area contributed by atoms with Gasteiger partial charge >= 0.3 is 0 Å². The predicted octanol–water partition coefficient (Wildman–Crippen LogP) is 14.7. The molecule has 3 fully saturated rings. The fourth-order valence-electron chi connectivity index (χ4n) is 9.10. The van der Waals surface area contributed by atoms with E-state index in [0.29, 0.717) is 11.0 Å². The molecular formula is C51H84N2O2. The molecule has 4 rings (SSSR count). The standard InChI is InChI=1S/C51H84N2O2/c1-4-6-8-10-12-14-16-18-20-22-24-26-28-30-32-34-39-51(40-35-33-31-29-27-25-23-21-19-17-15-13-11-9-7-5-2)54-44-48(55-51)38-43-53(3)50-45-49(50,46-50)47-36-41-52-42-37-47/h12-15,18-21,36-37,41-42,48H,4-11,16-17,22-35,38-40,43-46H2,1-3H3/b14-12-,15-13-,20-18-,21-19-. The van der Waals surface area contributed by atoms with Gasteiger partial charge in [0, 0.05) is 42.7 Å². The molecule has 1 aliphatic heterocycles. The van der Waals surface area contributed by atoms with Crippen LogP contribution < -0.4 is 0 Å². The highest BCUT2D eigenvalue weighted by Gasteiger charge is 2.85. The first kappa shape index (κ1) is 45.7. The summed E-state index contributed by atoms with van der Waals surface area (Å²) >= 11 is 0. The topological polar surface area (TPSA) is 34.6 Å². The highest BCUT2D eigenvalue weighted by Crippen LogP contribution is 2.81. The zero-order valence-corrected chi connectivity index (χ0v) is 36.1. The van der Waals surface area contributed by atoms with Crippen LogP contribution in [0.1, 0.15) is 206 Å². The molecule has 1 aromatic rings. The Morgan fingerprint density at radius 2 is 1.07 bits per heavy atom. The van der Waals surface area contributed by atoms with E-state index in [1.165, 1.54) is 160 Å². The number of rotatable bonds is 35. The molecule has 310 valence electrons. The van der Waals surface area contributed by atoms with E-state index >= 15 is 0 Å². The van der Waals surface area contributed by atoms with Gasteiger partial charge in [-0.05, 0) is 121 Å². The molecule has 1 aromatic heterocycles. The molecule has 0 bridgehead atoms. The van der Waals surface area contributed by atoms with Gasteiger partial charge in [-0.3, -0.25) is 9.88 Å². The van der Waals surface area contributed by atoms with Gasteiger partial charge in [0.2, 0.25) is 0 Å². The zero-order chi connectivity index (χ0) is 38.8. The molecule has 4 heteroatoms. The molecule has 2 saturated carbocycles. The van der Waals surface area contributed by atoms with Crippen LogP contribution in [0.3, 0.4) is 0 Å². The van der Waals surface area contributed by atoms with E-state index in [4.69, 9.17) is 9.47 Å². The van der Waals surface area contributed by atoms with E-state index in [1.807, 2.05) is 12.4 Å². The predicted molar refractivity (Wildman–Crippen MR) is 237 cm³/mol. The first-order chi connectivity index (χ1) is 27.1. The van der Waals surface area contributed by atoms with Gasteiger partial charge in [0.15, 0.2) is 5.79 Å². The Balaban J connectivity index is 1.09. The number of likely N-dealkylation sites (N-methyl/N-ethyl adjacent to an activating group) is 1. The van der Waals surface area contributed by atoms with Crippen molar-refractivity contribution in [3.8, 4) is 0 Å². The minimum Gasteiger partial charge on any atom is -0.347 e. The van der Waals surface area contributed by atoms with E-state index in [9.17, 15) is 0 Å². The van der Waals surface area contributed by atoms with Crippen LogP contribution in [0.25, 0.3) is 0 Å². The maximum absolute atomic E-state index is 6.92. The monoisotopic (exact) mass is 757 g/mol. The van der Waals surface area contributed by atoms with Crippen LogP contribution in [0.2, 0.25) is 0 Å². The van der Waals surface area contributed by atoms with Crippen LogP contribution in [0, 0.1) is 0 Å². The maximum Gasteiger partial charge on any atom is 0.168 e. The van der Waals surface area contributed by atoms with Gasteiger partial charge in [-0.1, -0.05) is 140 Å². The highest BCUT2D eigenvalue weighted by atomic mass is 16.7. The van der Waals surface area contributed by atoms with Crippen molar-refractivity contribution in [2.45, 2.75) is 223 Å². The first-order valence-corrected chi connectivity index (χ1v) is 23.6. The van der Waals surface area contributed by atoms with Crippen molar-refractivity contribution >= 4 is 0 Å². The Hall–Kier alpha value is -2.01. The quantitative estimate of drug-likeness (QED) is 0.0510. The van der Waals surface area contributed by atoms with Gasteiger partial charge in [0.1, 0.15) is 0 Å². The third kappa shape index (κ3) is 16.4. The Bertz CT molecular complexity index is 1180. The van der Waals surface area contributed by atoms with E-state index in [2.05, 4.69) is 91.5 Å². The van der Waals surface area contributed by atoms with E-state index in [1.54, 1.807) is 0 Å². The number of ether oxygens (including phenoxy) is 2. The van der Waals surface area contributed by atoms with Crippen LogP contribution in [-0.4, -0.2) is 47.5 Å². The highest BCUT2D eigenvalue weighted by molar-refractivity contribution is 5.54. The van der Waals surface area contributed by atoms with E-state index in [-0.39, 0.29) is 11.9 Å². The summed E-state index contributed by atoms with van der Waals surface area (Å²) in [5, 5.41) is 0. The van der Waals surface area contributed by atoms with Gasteiger partial charge in [-0.15, -0.1) is 0 Å². The Morgan fingerprint density at radius 3 is 1.56 bits per heavy atom. The molecule has 0 N–H and O–H groups in total. The summed E-state index contributed by atoms with van der Waals surface area (Å²) in [6, 6.07) is 4.46. The molecule has 2 heterocycles. The van der Waals surface area contributed by atoms with Gasteiger partial charge in [0.25, 0.3) is 0 Å². The third-order valence-electron chi connectivity index (χ3n) is 13.0. The number of unbranched alkanes of at least 4 members (excludes halogenated alkanes) is 18. The Labute approximate surface area is 340 Å². The normalized spacial score (nSPS) is 23.0. The van der Waals surface area contributed by atoms with Crippen LogP contribution in [-0.2, 0) is 14.9 Å². The first-order valence-electron chi connectivity index (χ1n) is 23.6. The molecular weight excluding hydrogens is 673 g/mol. The summed E-state index contributed by atoms with van der Waals surface area (Å²) in [4.78, 5) is 6.89. The maximum atomic E-state index is 6.92. The van der Waals surface area contributed by atoms with Crippen LogP contribution in [0.15, 0.2) is 73.1 Å². The molecule has 55 heavy (non-hydrogen) atoms. The molecule has 0 spiro atoms. The molecule has 1 unspecified atom stereocenters. The summed E-state index contributed by atoms with van der Waals surface area (Å²) < 4.78 is 13.6. The van der Waals surface area contributed by atoms with Gasteiger partial charge < -0.3 is 9.47 Å². The summed E-state index contributed by atoms with van der Waals surface area (Å²) in [6.07, 6.45) is 59.7. The smallest absolute Gasteiger partial charge is 0.168 e. The molecule has 3 aliphatic rings. The van der Waals surface area contributed by atoms with Crippen molar-refractivity contribution in [2.24, 2.45) is 0 Å².